The lowest BCUT2D eigenvalue weighted by molar-refractivity contribution is -0.114. The number of aromatic hydroxyl groups is 1. The van der Waals surface area contributed by atoms with Gasteiger partial charge in [0.25, 0.3) is 5.91 Å². The number of hydrogen-bond acceptors (Lipinski definition) is 3. The average molecular weight is 382 g/mol. The molecule has 0 saturated heterocycles. The first-order chi connectivity index (χ1) is 14.2. The largest absolute Gasteiger partial charge is 0.507 e. The topological polar surface area (TPSA) is 52.9 Å². The van der Waals surface area contributed by atoms with Crippen LogP contribution in [0.1, 0.15) is 30.5 Å². The second-order valence-electron chi connectivity index (χ2n) is 6.90. The van der Waals surface area contributed by atoms with Gasteiger partial charge in [0.1, 0.15) is 5.75 Å². The van der Waals surface area contributed by atoms with E-state index < -0.39 is 0 Å². The predicted molar refractivity (Wildman–Crippen MR) is 117 cm³/mol. The van der Waals surface area contributed by atoms with E-state index in [9.17, 15) is 9.90 Å². The highest BCUT2D eigenvalue weighted by Gasteiger charge is 2.31. The number of para-hydroxylation sites is 3. The Balaban J connectivity index is 1.94. The summed E-state index contributed by atoms with van der Waals surface area (Å²) < 4.78 is 0. The molecule has 4 rings (SSSR count). The lowest BCUT2D eigenvalue weighted by Crippen LogP contribution is -2.34. The number of hydrogen-bond donors (Lipinski definition) is 1. The van der Waals surface area contributed by atoms with Crippen molar-refractivity contribution in [2.24, 2.45) is 4.99 Å². The zero-order chi connectivity index (χ0) is 20.2. The number of carbonyl (C=O) groups excluding carboxylic acids is 1. The molecule has 0 saturated carbocycles. The summed E-state index contributed by atoms with van der Waals surface area (Å²) in [4.78, 5) is 19.8. The van der Waals surface area contributed by atoms with Crippen LogP contribution in [-0.4, -0.2) is 16.7 Å². The molecule has 0 fully saturated rings. The van der Waals surface area contributed by atoms with Gasteiger partial charge in [-0.25, -0.2) is 0 Å². The third kappa shape index (κ3) is 3.69. The first-order valence-electron chi connectivity index (χ1n) is 9.65. The van der Waals surface area contributed by atoms with Crippen LogP contribution in [0, 0.1) is 0 Å². The molecule has 0 bridgehead atoms. The van der Waals surface area contributed by atoms with Gasteiger partial charge in [-0.2, -0.15) is 0 Å². The minimum Gasteiger partial charge on any atom is -0.507 e. The van der Waals surface area contributed by atoms with E-state index in [-0.39, 0.29) is 17.7 Å². The number of allylic oxidation sites excluding steroid dienone is 1. The number of aliphatic imine (C=N–C) groups is 1. The number of benzene rings is 3. The molecule has 3 aromatic rings. The van der Waals surface area contributed by atoms with Crippen LogP contribution in [0.15, 0.2) is 96.0 Å². The summed E-state index contributed by atoms with van der Waals surface area (Å²) in [5.74, 6) is 0.0892. The normalized spacial score (nSPS) is 16.2. The third-order valence-corrected chi connectivity index (χ3v) is 5.04. The molecule has 0 aliphatic carbocycles. The Bertz CT molecular complexity index is 1090. The van der Waals surface area contributed by atoms with Crippen LogP contribution < -0.4 is 4.90 Å². The van der Waals surface area contributed by atoms with Crippen molar-refractivity contribution >= 4 is 23.0 Å². The number of phenols is 1. The molecule has 1 atom stereocenters. The average Bonchev–Trinajstić information content (AvgIpc) is 2.92. The Kier molecular flexibility index (Phi) is 5.25. The molecule has 1 amide bonds. The van der Waals surface area contributed by atoms with Gasteiger partial charge in [-0.05, 0) is 42.8 Å². The summed E-state index contributed by atoms with van der Waals surface area (Å²) in [7, 11) is 0. The summed E-state index contributed by atoms with van der Waals surface area (Å²) >= 11 is 0. The van der Waals surface area contributed by atoms with E-state index >= 15 is 0 Å². The van der Waals surface area contributed by atoms with Gasteiger partial charge in [-0.3, -0.25) is 14.7 Å². The van der Waals surface area contributed by atoms with Gasteiger partial charge in [0, 0.05) is 12.0 Å². The SMILES string of the molecule is C/C=C/C(=O)N1c2ccccc2N=C(c2ccccc2O)CC1c1ccccc1. The molecule has 1 unspecified atom stereocenters. The summed E-state index contributed by atoms with van der Waals surface area (Å²) in [5, 5.41) is 10.4. The molecule has 4 nitrogen and oxygen atoms in total. The quantitative estimate of drug-likeness (QED) is 0.602. The van der Waals surface area contributed by atoms with Gasteiger partial charge >= 0.3 is 0 Å². The first kappa shape index (κ1) is 18.7. The summed E-state index contributed by atoms with van der Waals surface area (Å²) in [6.45, 7) is 1.84. The van der Waals surface area contributed by atoms with Gasteiger partial charge in [0.15, 0.2) is 0 Å². The standard InChI is InChI=1S/C25H22N2O2/c1-2-10-25(29)27-22-15-8-7-14-20(22)26-21(19-13-6-9-16-24(19)28)17-23(27)18-11-4-3-5-12-18/h2-16,23,28H,17H2,1H3/b10-2+. The summed E-state index contributed by atoms with van der Waals surface area (Å²) in [6, 6.07) is 24.6. The van der Waals surface area contributed by atoms with Gasteiger partial charge in [0.2, 0.25) is 0 Å². The second-order valence-corrected chi connectivity index (χ2v) is 6.90. The minimum absolute atomic E-state index is 0.0949. The van der Waals surface area contributed by atoms with Crippen molar-refractivity contribution in [2.75, 3.05) is 4.90 Å². The van der Waals surface area contributed by atoms with Crippen molar-refractivity contribution in [3.8, 4) is 5.75 Å². The zero-order valence-electron chi connectivity index (χ0n) is 16.2. The molecular weight excluding hydrogens is 360 g/mol. The molecule has 29 heavy (non-hydrogen) atoms. The molecule has 0 aromatic heterocycles. The summed E-state index contributed by atoms with van der Waals surface area (Å²) in [6.07, 6.45) is 3.82. The molecule has 3 aromatic carbocycles. The Morgan fingerprint density at radius 1 is 1.00 bits per heavy atom. The second kappa shape index (κ2) is 8.15. The van der Waals surface area contributed by atoms with Crippen LogP contribution in [0.4, 0.5) is 11.4 Å². The van der Waals surface area contributed by atoms with E-state index in [1.165, 1.54) is 0 Å². The molecule has 4 heteroatoms. The number of amides is 1. The fourth-order valence-corrected chi connectivity index (χ4v) is 3.72. The van der Waals surface area contributed by atoms with E-state index in [2.05, 4.69) is 0 Å². The van der Waals surface area contributed by atoms with E-state index in [0.717, 1.165) is 17.0 Å². The van der Waals surface area contributed by atoms with Crippen LogP contribution in [0.5, 0.6) is 5.75 Å². The Hall–Kier alpha value is -3.66. The molecular formula is C25H22N2O2. The molecule has 144 valence electrons. The number of nitrogens with zero attached hydrogens (tertiary/aromatic N) is 2. The molecule has 0 radical (unpaired) electrons. The maximum absolute atomic E-state index is 13.1. The van der Waals surface area contributed by atoms with Crippen molar-refractivity contribution < 1.29 is 9.90 Å². The van der Waals surface area contributed by atoms with Crippen molar-refractivity contribution in [2.45, 2.75) is 19.4 Å². The molecule has 0 spiro atoms. The lowest BCUT2D eigenvalue weighted by Gasteiger charge is -2.31. The molecule has 1 heterocycles. The van der Waals surface area contributed by atoms with Crippen LogP contribution in [0.3, 0.4) is 0 Å². The smallest absolute Gasteiger partial charge is 0.251 e. The van der Waals surface area contributed by atoms with Crippen LogP contribution >= 0.6 is 0 Å². The predicted octanol–water partition coefficient (Wildman–Crippen LogP) is 5.57. The first-order valence-corrected chi connectivity index (χ1v) is 9.65. The molecule has 1 N–H and O–H groups in total. The monoisotopic (exact) mass is 382 g/mol. The summed E-state index contributed by atoms with van der Waals surface area (Å²) in [5.41, 5.74) is 3.92. The van der Waals surface area contributed by atoms with Gasteiger partial charge in [-0.15, -0.1) is 0 Å². The highest BCUT2D eigenvalue weighted by Crippen LogP contribution is 2.41. The van der Waals surface area contributed by atoms with Crippen LogP contribution in [0.25, 0.3) is 0 Å². The van der Waals surface area contributed by atoms with Gasteiger partial charge in [0.05, 0.1) is 23.1 Å². The third-order valence-electron chi connectivity index (χ3n) is 5.04. The molecule has 1 aliphatic heterocycles. The number of rotatable bonds is 3. The maximum atomic E-state index is 13.1. The van der Waals surface area contributed by atoms with E-state index in [1.807, 2.05) is 73.7 Å². The highest BCUT2D eigenvalue weighted by atomic mass is 16.3. The van der Waals surface area contributed by atoms with Crippen molar-refractivity contribution in [1.29, 1.82) is 0 Å². The molecule has 1 aliphatic rings. The van der Waals surface area contributed by atoms with Crippen LogP contribution in [-0.2, 0) is 4.79 Å². The fraction of sp³-hybridized carbons (Fsp3) is 0.120. The Morgan fingerprint density at radius 2 is 1.69 bits per heavy atom. The van der Waals surface area contributed by atoms with Crippen molar-refractivity contribution in [3.63, 3.8) is 0 Å². The highest BCUT2D eigenvalue weighted by molar-refractivity contribution is 6.10. The lowest BCUT2D eigenvalue weighted by atomic mass is 9.95. The Labute approximate surface area is 170 Å². The fourth-order valence-electron chi connectivity index (χ4n) is 3.72. The maximum Gasteiger partial charge on any atom is 0.251 e. The number of carbonyl (C=O) groups is 1. The van der Waals surface area contributed by atoms with Gasteiger partial charge in [-0.1, -0.05) is 60.7 Å². The Morgan fingerprint density at radius 3 is 2.45 bits per heavy atom. The van der Waals surface area contributed by atoms with E-state index in [4.69, 9.17) is 4.99 Å². The number of fused-ring (bicyclic) bond motifs is 1. The number of anilines is 1. The van der Waals surface area contributed by atoms with Crippen molar-refractivity contribution in [3.05, 3.63) is 102 Å². The van der Waals surface area contributed by atoms with Crippen molar-refractivity contribution in [1.82, 2.24) is 0 Å². The van der Waals surface area contributed by atoms with E-state index in [0.29, 0.717) is 17.7 Å². The minimum atomic E-state index is -0.248. The van der Waals surface area contributed by atoms with Crippen LogP contribution in [0.2, 0.25) is 0 Å². The van der Waals surface area contributed by atoms with E-state index in [1.54, 1.807) is 29.2 Å². The number of phenolic OH excluding ortho intramolecular Hbond substituents is 1. The zero-order valence-corrected chi connectivity index (χ0v) is 16.2. The van der Waals surface area contributed by atoms with Gasteiger partial charge < -0.3 is 5.11 Å².